The van der Waals surface area contributed by atoms with E-state index < -0.39 is 0 Å². The van der Waals surface area contributed by atoms with E-state index in [1.165, 1.54) is 48.9 Å². The zero-order valence-corrected chi connectivity index (χ0v) is 27.2. The summed E-state index contributed by atoms with van der Waals surface area (Å²) in [7, 11) is 0. The standard InChI is InChI=1S/C46H26N4O/c1-2-11-27(12-3-1)46-47-42(45-43(48-46)36-15-6-9-20-41(36)51-45)28-21-23-32-30-13-4-7-18-37(30)49(39(32)25-28)29-22-24-33-35-17-10-16-34-31-14-5-8-19-38(31)50(44(34)35)40(33)26-29/h1-26H. The topological polar surface area (TPSA) is 48.3 Å². The van der Waals surface area contributed by atoms with Crippen LogP contribution in [0.5, 0.6) is 0 Å². The van der Waals surface area contributed by atoms with Crippen molar-refractivity contribution < 1.29 is 4.42 Å². The van der Waals surface area contributed by atoms with Crippen molar-refractivity contribution in [3.05, 3.63) is 158 Å². The summed E-state index contributed by atoms with van der Waals surface area (Å²) in [6, 6.07) is 56.0. The fraction of sp³-hybridized carbons (Fsp3) is 0. The molecule has 0 saturated heterocycles. The molecule has 7 aromatic carbocycles. The predicted molar refractivity (Wildman–Crippen MR) is 209 cm³/mol. The largest absolute Gasteiger partial charge is 0.452 e. The van der Waals surface area contributed by atoms with Gasteiger partial charge < -0.3 is 13.4 Å². The summed E-state index contributed by atoms with van der Waals surface area (Å²) in [6.07, 6.45) is 0. The van der Waals surface area contributed by atoms with Crippen molar-refractivity contribution in [1.82, 2.24) is 18.9 Å². The van der Waals surface area contributed by atoms with Crippen LogP contribution in [0.25, 0.3) is 110 Å². The average Bonchev–Trinajstić information content (AvgIpc) is 3.93. The number of benzene rings is 7. The lowest BCUT2D eigenvalue weighted by molar-refractivity contribution is 0.667. The molecule has 12 aromatic rings. The Balaban J connectivity index is 1.16. The highest BCUT2D eigenvalue weighted by molar-refractivity contribution is 6.23. The van der Waals surface area contributed by atoms with Gasteiger partial charge in [-0.3, -0.25) is 0 Å². The first-order valence-corrected chi connectivity index (χ1v) is 17.3. The Bertz CT molecular complexity index is 3370. The van der Waals surface area contributed by atoms with Crippen molar-refractivity contribution >= 4 is 82.0 Å². The van der Waals surface area contributed by atoms with Crippen LogP contribution in [-0.2, 0) is 0 Å². The van der Waals surface area contributed by atoms with Gasteiger partial charge >= 0.3 is 0 Å². The minimum Gasteiger partial charge on any atom is -0.452 e. The van der Waals surface area contributed by atoms with Gasteiger partial charge in [-0.05, 0) is 42.5 Å². The number of aromatic nitrogens is 4. The molecule has 51 heavy (non-hydrogen) atoms. The Morgan fingerprint density at radius 3 is 1.92 bits per heavy atom. The molecule has 236 valence electrons. The van der Waals surface area contributed by atoms with E-state index in [1.807, 2.05) is 36.4 Å². The SMILES string of the molecule is c1ccc(-c2nc(-c3ccc4c5ccccc5n(-c5ccc6c7cccc8c9ccccc9n(c6c5)c87)c4c3)c3oc4ccccc4c3n2)cc1. The summed E-state index contributed by atoms with van der Waals surface area (Å²) in [5, 5.41) is 8.48. The van der Waals surface area contributed by atoms with Crippen LogP contribution >= 0.6 is 0 Å². The average molecular weight is 651 g/mol. The van der Waals surface area contributed by atoms with Crippen LogP contribution in [0.3, 0.4) is 0 Å². The lowest BCUT2D eigenvalue weighted by atomic mass is 10.1. The third-order valence-corrected chi connectivity index (χ3v) is 10.7. The summed E-state index contributed by atoms with van der Waals surface area (Å²) < 4.78 is 11.4. The number of furan rings is 1. The molecule has 0 unspecified atom stereocenters. The Morgan fingerprint density at radius 2 is 1.08 bits per heavy atom. The minimum atomic E-state index is 0.675. The van der Waals surface area contributed by atoms with E-state index in [1.54, 1.807) is 0 Å². The fourth-order valence-corrected chi connectivity index (χ4v) is 8.46. The monoisotopic (exact) mass is 650 g/mol. The highest BCUT2D eigenvalue weighted by Gasteiger charge is 2.22. The van der Waals surface area contributed by atoms with Crippen molar-refractivity contribution in [3.8, 4) is 28.3 Å². The third-order valence-electron chi connectivity index (χ3n) is 10.7. The van der Waals surface area contributed by atoms with Crippen LogP contribution in [0.1, 0.15) is 0 Å². The van der Waals surface area contributed by atoms with Gasteiger partial charge in [-0.2, -0.15) is 0 Å². The number of hydrogen-bond donors (Lipinski definition) is 0. The van der Waals surface area contributed by atoms with Crippen molar-refractivity contribution in [1.29, 1.82) is 0 Å². The number of rotatable bonds is 3. The van der Waals surface area contributed by atoms with E-state index >= 15 is 0 Å². The van der Waals surface area contributed by atoms with Gasteiger partial charge in [0.05, 0.1) is 27.6 Å². The van der Waals surface area contributed by atoms with Crippen molar-refractivity contribution in [2.75, 3.05) is 0 Å². The van der Waals surface area contributed by atoms with Crippen LogP contribution in [0.15, 0.2) is 162 Å². The summed E-state index contributed by atoms with van der Waals surface area (Å²) in [6.45, 7) is 0. The van der Waals surface area contributed by atoms with E-state index in [2.05, 4.69) is 130 Å². The molecule has 5 heterocycles. The van der Waals surface area contributed by atoms with Gasteiger partial charge in [-0.15, -0.1) is 0 Å². The third kappa shape index (κ3) is 3.59. The highest BCUT2D eigenvalue weighted by Crippen LogP contribution is 2.42. The van der Waals surface area contributed by atoms with E-state index in [0.29, 0.717) is 11.4 Å². The molecule has 0 aliphatic carbocycles. The molecule has 5 heteroatoms. The minimum absolute atomic E-state index is 0.675. The molecule has 0 fully saturated rings. The first kappa shape index (κ1) is 26.9. The normalized spacial score (nSPS) is 12.3. The second-order valence-corrected chi connectivity index (χ2v) is 13.4. The summed E-state index contributed by atoms with van der Waals surface area (Å²) in [5.41, 5.74) is 12.1. The molecule has 5 aromatic heterocycles. The zero-order valence-electron chi connectivity index (χ0n) is 27.2. The summed E-state index contributed by atoms with van der Waals surface area (Å²) in [5.74, 6) is 0.675. The lowest BCUT2D eigenvalue weighted by Gasteiger charge is -2.10. The molecule has 0 aliphatic heterocycles. The van der Waals surface area contributed by atoms with E-state index in [-0.39, 0.29) is 0 Å². The molecular formula is C46H26N4O. The molecular weight excluding hydrogens is 625 g/mol. The second-order valence-electron chi connectivity index (χ2n) is 13.4. The van der Waals surface area contributed by atoms with Crippen LogP contribution in [0, 0.1) is 0 Å². The van der Waals surface area contributed by atoms with Crippen molar-refractivity contribution in [2.24, 2.45) is 0 Å². The van der Waals surface area contributed by atoms with Gasteiger partial charge in [-0.1, -0.05) is 115 Å². The Kier molecular flexibility index (Phi) is 5.17. The van der Waals surface area contributed by atoms with Crippen LogP contribution in [0.2, 0.25) is 0 Å². The van der Waals surface area contributed by atoms with Gasteiger partial charge in [0.25, 0.3) is 0 Å². The Morgan fingerprint density at radius 1 is 0.431 bits per heavy atom. The number of nitrogens with zero attached hydrogens (tertiary/aromatic N) is 4. The number of para-hydroxylation sites is 4. The predicted octanol–water partition coefficient (Wildman–Crippen LogP) is 12.0. The second kappa shape index (κ2) is 9.80. The first-order chi connectivity index (χ1) is 25.3. The van der Waals surface area contributed by atoms with Crippen molar-refractivity contribution in [3.63, 3.8) is 0 Å². The number of fused-ring (bicyclic) bond motifs is 12. The molecule has 0 aliphatic rings. The zero-order chi connectivity index (χ0) is 33.2. The quantitative estimate of drug-likeness (QED) is 0.191. The summed E-state index contributed by atoms with van der Waals surface area (Å²) >= 11 is 0. The maximum atomic E-state index is 6.52. The van der Waals surface area contributed by atoms with Crippen LogP contribution in [-0.4, -0.2) is 18.9 Å². The fourth-order valence-electron chi connectivity index (χ4n) is 8.46. The molecule has 0 radical (unpaired) electrons. The Labute approximate surface area is 290 Å². The molecule has 12 rings (SSSR count). The highest BCUT2D eigenvalue weighted by atomic mass is 16.3. The number of hydrogen-bond acceptors (Lipinski definition) is 3. The lowest BCUT2D eigenvalue weighted by Crippen LogP contribution is -1.96. The maximum absolute atomic E-state index is 6.52. The first-order valence-electron chi connectivity index (χ1n) is 17.3. The van der Waals surface area contributed by atoms with Gasteiger partial charge in [-0.25, -0.2) is 9.97 Å². The molecule has 5 nitrogen and oxygen atoms in total. The van der Waals surface area contributed by atoms with Gasteiger partial charge in [0, 0.05) is 54.5 Å². The van der Waals surface area contributed by atoms with E-state index in [9.17, 15) is 0 Å². The molecule has 0 saturated carbocycles. The van der Waals surface area contributed by atoms with Gasteiger partial charge in [0.2, 0.25) is 0 Å². The maximum Gasteiger partial charge on any atom is 0.180 e. The molecule has 0 N–H and O–H groups in total. The van der Waals surface area contributed by atoms with Crippen LogP contribution < -0.4 is 0 Å². The molecule has 0 amide bonds. The van der Waals surface area contributed by atoms with E-state index in [0.717, 1.165) is 50.0 Å². The molecule has 0 spiro atoms. The molecule has 0 atom stereocenters. The smallest absolute Gasteiger partial charge is 0.180 e. The van der Waals surface area contributed by atoms with Crippen LogP contribution in [0.4, 0.5) is 0 Å². The van der Waals surface area contributed by atoms with Gasteiger partial charge in [0.1, 0.15) is 16.8 Å². The van der Waals surface area contributed by atoms with Gasteiger partial charge in [0.15, 0.2) is 11.4 Å². The van der Waals surface area contributed by atoms with Crippen molar-refractivity contribution in [2.45, 2.75) is 0 Å². The van der Waals surface area contributed by atoms with E-state index in [4.69, 9.17) is 14.4 Å². The summed E-state index contributed by atoms with van der Waals surface area (Å²) in [4.78, 5) is 10.3. The molecule has 0 bridgehead atoms. The Hall–Kier alpha value is -6.98.